The molecule has 0 bridgehead atoms. The number of amides is 1. The van der Waals surface area contributed by atoms with Gasteiger partial charge in [-0.05, 0) is 66.8 Å². The Kier molecular flexibility index (Phi) is 8.30. The maximum atomic E-state index is 13.4. The highest BCUT2D eigenvalue weighted by Gasteiger charge is 2.33. The molecule has 0 aromatic heterocycles. The number of hydrogen-bond donors (Lipinski definition) is 1. The van der Waals surface area contributed by atoms with E-state index in [-0.39, 0.29) is 17.1 Å². The van der Waals surface area contributed by atoms with Gasteiger partial charge in [0.1, 0.15) is 6.54 Å². The van der Waals surface area contributed by atoms with E-state index in [9.17, 15) is 26.4 Å². The van der Waals surface area contributed by atoms with Crippen molar-refractivity contribution < 1.29 is 26.4 Å². The number of nitrogens with one attached hydrogen (secondary N) is 1. The van der Waals surface area contributed by atoms with Crippen LogP contribution in [0.15, 0.2) is 83.8 Å². The van der Waals surface area contributed by atoms with Crippen LogP contribution in [0.3, 0.4) is 0 Å². The highest BCUT2D eigenvalue weighted by molar-refractivity contribution is 7.92. The van der Waals surface area contributed by atoms with Gasteiger partial charge in [-0.2, -0.15) is 13.2 Å². The Hall–Kier alpha value is -3.53. The fourth-order valence-corrected chi connectivity index (χ4v) is 5.94. The maximum absolute atomic E-state index is 13.4. The van der Waals surface area contributed by atoms with Crippen LogP contribution in [0.25, 0.3) is 0 Å². The van der Waals surface area contributed by atoms with Crippen LogP contribution < -0.4 is 14.5 Å². The third-order valence-corrected chi connectivity index (χ3v) is 8.32. The first-order valence-electron chi connectivity index (χ1n) is 12.4. The minimum absolute atomic E-state index is 0.132. The van der Waals surface area contributed by atoms with Crippen molar-refractivity contribution in [1.29, 1.82) is 0 Å². The van der Waals surface area contributed by atoms with Gasteiger partial charge in [-0.25, -0.2) is 8.42 Å². The molecule has 1 atom stereocenters. The third kappa shape index (κ3) is 6.66. The average molecular weight is 546 g/mol. The lowest BCUT2D eigenvalue weighted by Gasteiger charge is -2.32. The van der Waals surface area contributed by atoms with E-state index in [0.717, 1.165) is 49.0 Å². The third-order valence-electron chi connectivity index (χ3n) is 6.53. The number of piperidine rings is 1. The minimum atomic E-state index is -4.67. The predicted molar refractivity (Wildman–Crippen MR) is 141 cm³/mol. The SMILES string of the molecule is CC1CCCN(c2ccc(CNC(=O)CN(c3cccc(C(F)(F)F)c3)S(=O)(=O)c3ccccc3)cc2)C1. The fraction of sp³-hybridized carbons (Fsp3) is 0.321. The summed E-state index contributed by atoms with van der Waals surface area (Å²) in [7, 11) is -4.32. The maximum Gasteiger partial charge on any atom is 0.416 e. The average Bonchev–Trinajstić information content (AvgIpc) is 2.91. The first kappa shape index (κ1) is 27.5. The van der Waals surface area contributed by atoms with Gasteiger partial charge in [-0.3, -0.25) is 9.10 Å². The van der Waals surface area contributed by atoms with E-state index >= 15 is 0 Å². The van der Waals surface area contributed by atoms with Crippen LogP contribution in [0.1, 0.15) is 30.9 Å². The van der Waals surface area contributed by atoms with Gasteiger partial charge in [0.05, 0.1) is 16.1 Å². The van der Waals surface area contributed by atoms with Crippen molar-refractivity contribution in [1.82, 2.24) is 5.32 Å². The van der Waals surface area contributed by atoms with Crippen molar-refractivity contribution >= 4 is 27.3 Å². The number of alkyl halides is 3. The van der Waals surface area contributed by atoms with Crippen LogP contribution in [-0.4, -0.2) is 34.0 Å². The lowest BCUT2D eigenvalue weighted by molar-refractivity contribution is -0.137. The minimum Gasteiger partial charge on any atom is -0.371 e. The first-order chi connectivity index (χ1) is 18.0. The monoisotopic (exact) mass is 545 g/mol. The van der Waals surface area contributed by atoms with Crippen molar-refractivity contribution in [3.63, 3.8) is 0 Å². The van der Waals surface area contributed by atoms with Crippen LogP contribution in [0.5, 0.6) is 0 Å². The highest BCUT2D eigenvalue weighted by Crippen LogP contribution is 2.33. The molecule has 1 N–H and O–H groups in total. The second kappa shape index (κ2) is 11.5. The Balaban J connectivity index is 1.50. The molecule has 1 amide bonds. The molecule has 4 rings (SSSR count). The number of halogens is 3. The molecule has 1 unspecified atom stereocenters. The molecular weight excluding hydrogens is 515 g/mol. The summed E-state index contributed by atoms with van der Waals surface area (Å²) in [5, 5.41) is 2.69. The standard InChI is InChI=1S/C28H30F3N3O3S/c1-21-7-6-16-33(19-21)24-14-12-22(13-15-24)18-32-27(35)20-34(38(36,37)26-10-3-2-4-11-26)25-9-5-8-23(17-25)28(29,30)31/h2-5,8-15,17,21H,6-7,16,18-20H2,1H3,(H,32,35). The number of carbonyl (C=O) groups excluding carboxylic acids is 1. The van der Waals surface area contributed by atoms with E-state index in [1.54, 1.807) is 6.07 Å². The Morgan fingerprint density at radius 1 is 1.03 bits per heavy atom. The molecule has 1 aliphatic rings. The molecule has 10 heteroatoms. The summed E-state index contributed by atoms with van der Waals surface area (Å²) < 4.78 is 67.5. The number of benzene rings is 3. The summed E-state index contributed by atoms with van der Waals surface area (Å²) in [6.07, 6.45) is -2.30. The van der Waals surface area contributed by atoms with Gasteiger partial charge in [0.15, 0.2) is 0 Å². The van der Waals surface area contributed by atoms with Crippen LogP contribution in [0.2, 0.25) is 0 Å². The molecule has 38 heavy (non-hydrogen) atoms. The van der Waals surface area contributed by atoms with E-state index in [0.29, 0.717) is 10.2 Å². The number of hydrogen-bond acceptors (Lipinski definition) is 4. The molecule has 6 nitrogen and oxygen atoms in total. The van der Waals surface area contributed by atoms with Gasteiger partial charge >= 0.3 is 6.18 Å². The summed E-state index contributed by atoms with van der Waals surface area (Å²) in [6, 6.07) is 19.0. The van der Waals surface area contributed by atoms with Gasteiger partial charge in [0.25, 0.3) is 10.0 Å². The topological polar surface area (TPSA) is 69.7 Å². The molecule has 3 aromatic rings. The summed E-state index contributed by atoms with van der Waals surface area (Å²) in [6.45, 7) is 3.70. The van der Waals surface area contributed by atoms with Crippen LogP contribution in [0.4, 0.5) is 24.5 Å². The second-order valence-corrected chi connectivity index (χ2v) is 11.4. The molecule has 1 heterocycles. The Morgan fingerprint density at radius 3 is 2.39 bits per heavy atom. The first-order valence-corrected chi connectivity index (χ1v) is 13.8. The van der Waals surface area contributed by atoms with Gasteiger partial charge in [0.2, 0.25) is 5.91 Å². The van der Waals surface area contributed by atoms with Crippen molar-refractivity contribution in [3.05, 3.63) is 90.0 Å². The van der Waals surface area contributed by atoms with Crippen molar-refractivity contribution in [2.75, 3.05) is 28.8 Å². The molecule has 1 fully saturated rings. The van der Waals surface area contributed by atoms with Gasteiger partial charge < -0.3 is 10.2 Å². The number of carbonyl (C=O) groups is 1. The van der Waals surface area contributed by atoms with Gasteiger partial charge in [-0.1, -0.05) is 43.3 Å². The molecular formula is C28H30F3N3O3S. The second-order valence-electron chi connectivity index (χ2n) is 9.51. The van der Waals surface area contributed by atoms with Crippen LogP contribution >= 0.6 is 0 Å². The van der Waals surface area contributed by atoms with Crippen LogP contribution in [-0.2, 0) is 27.5 Å². The summed E-state index contributed by atoms with van der Waals surface area (Å²) in [4.78, 5) is 15.1. The van der Waals surface area contributed by atoms with Crippen LogP contribution in [0, 0.1) is 5.92 Å². The molecule has 0 aliphatic carbocycles. The molecule has 0 saturated carbocycles. The van der Waals surface area contributed by atoms with E-state index in [4.69, 9.17) is 0 Å². The Bertz CT molecular complexity index is 1350. The number of rotatable bonds is 8. The molecule has 202 valence electrons. The van der Waals surface area contributed by atoms with Crippen molar-refractivity contribution in [2.24, 2.45) is 5.92 Å². The van der Waals surface area contributed by atoms with Crippen molar-refractivity contribution in [2.45, 2.75) is 37.4 Å². The number of nitrogens with zero attached hydrogens (tertiary/aromatic N) is 2. The normalized spacial score (nSPS) is 16.2. The predicted octanol–water partition coefficient (Wildman–Crippen LogP) is 5.45. The molecule has 1 saturated heterocycles. The Morgan fingerprint density at radius 2 is 1.74 bits per heavy atom. The molecule has 3 aromatic carbocycles. The molecule has 0 spiro atoms. The molecule has 0 radical (unpaired) electrons. The quantitative estimate of drug-likeness (QED) is 0.409. The summed E-state index contributed by atoms with van der Waals surface area (Å²) in [5.41, 5.74) is 0.672. The Labute approximate surface area is 221 Å². The lowest BCUT2D eigenvalue weighted by Crippen LogP contribution is -2.40. The number of sulfonamides is 1. The van der Waals surface area contributed by atoms with E-state index in [1.165, 1.54) is 36.8 Å². The van der Waals surface area contributed by atoms with E-state index in [2.05, 4.69) is 17.1 Å². The molecule has 1 aliphatic heterocycles. The largest absolute Gasteiger partial charge is 0.416 e. The smallest absolute Gasteiger partial charge is 0.371 e. The zero-order valence-electron chi connectivity index (χ0n) is 21.0. The van der Waals surface area contributed by atoms with Gasteiger partial charge in [-0.15, -0.1) is 0 Å². The lowest BCUT2D eigenvalue weighted by atomic mass is 9.99. The zero-order valence-corrected chi connectivity index (χ0v) is 21.8. The van der Waals surface area contributed by atoms with Gasteiger partial charge in [0, 0.05) is 25.3 Å². The van der Waals surface area contributed by atoms with E-state index < -0.39 is 34.2 Å². The zero-order chi connectivity index (χ0) is 27.3. The fourth-order valence-electron chi connectivity index (χ4n) is 4.51. The van der Waals surface area contributed by atoms with Crippen molar-refractivity contribution in [3.8, 4) is 0 Å². The summed E-state index contributed by atoms with van der Waals surface area (Å²) in [5.74, 6) is -0.00880. The highest BCUT2D eigenvalue weighted by atomic mass is 32.2. The summed E-state index contributed by atoms with van der Waals surface area (Å²) >= 11 is 0. The van der Waals surface area contributed by atoms with E-state index in [1.807, 2.05) is 24.3 Å². The number of anilines is 2.